The second-order valence-electron chi connectivity index (χ2n) is 4.46. The van der Waals surface area contributed by atoms with Crippen LogP contribution in [0.25, 0.3) is 0 Å². The van der Waals surface area contributed by atoms with Crippen molar-refractivity contribution < 1.29 is 9.84 Å². The van der Waals surface area contributed by atoms with Crippen LogP contribution in [-0.2, 0) is 0 Å². The van der Waals surface area contributed by atoms with E-state index in [0.717, 1.165) is 37.5 Å². The molecule has 2 N–H and O–H groups in total. The van der Waals surface area contributed by atoms with Gasteiger partial charge in [-0.25, -0.2) is 0 Å². The summed E-state index contributed by atoms with van der Waals surface area (Å²) in [5.74, 6) is 0.817. The molecule has 0 saturated heterocycles. The Balaban J connectivity index is 2.58. The van der Waals surface area contributed by atoms with Gasteiger partial charge in [-0.15, -0.1) is 0 Å². The van der Waals surface area contributed by atoms with E-state index >= 15 is 0 Å². The van der Waals surface area contributed by atoms with Crippen molar-refractivity contribution in [3.63, 3.8) is 0 Å². The van der Waals surface area contributed by atoms with Crippen LogP contribution in [0.2, 0.25) is 0 Å². The summed E-state index contributed by atoms with van der Waals surface area (Å²) in [6.45, 7) is 8.33. The molecule has 19 heavy (non-hydrogen) atoms. The zero-order valence-corrected chi connectivity index (χ0v) is 12.2. The molecule has 0 fully saturated rings. The first-order chi connectivity index (χ1) is 9.26. The van der Waals surface area contributed by atoms with E-state index in [2.05, 4.69) is 24.1 Å². The monoisotopic (exact) mass is 266 g/mol. The number of methoxy groups -OCH3 is 1. The van der Waals surface area contributed by atoms with Gasteiger partial charge < -0.3 is 20.1 Å². The largest absolute Gasteiger partial charge is 0.496 e. The van der Waals surface area contributed by atoms with Gasteiger partial charge in [0, 0.05) is 18.7 Å². The number of aliphatic hydroxyl groups excluding tert-OH is 1. The number of nitrogens with one attached hydrogen (secondary N) is 1. The highest BCUT2D eigenvalue weighted by atomic mass is 16.5. The summed E-state index contributed by atoms with van der Waals surface area (Å²) < 4.78 is 5.34. The van der Waals surface area contributed by atoms with Crippen LogP contribution in [0.4, 0.5) is 0 Å². The van der Waals surface area contributed by atoms with Crippen LogP contribution in [0.3, 0.4) is 0 Å². The van der Waals surface area contributed by atoms with Gasteiger partial charge in [-0.1, -0.05) is 32.0 Å². The van der Waals surface area contributed by atoms with Crippen LogP contribution in [-0.4, -0.2) is 49.9 Å². The zero-order valence-electron chi connectivity index (χ0n) is 12.2. The van der Waals surface area contributed by atoms with Gasteiger partial charge in [0.05, 0.1) is 19.8 Å². The Morgan fingerprint density at radius 1 is 1.26 bits per heavy atom. The van der Waals surface area contributed by atoms with Crippen molar-refractivity contribution >= 4 is 0 Å². The number of para-hydroxylation sites is 1. The molecule has 1 aromatic rings. The highest BCUT2D eigenvalue weighted by Crippen LogP contribution is 2.24. The number of rotatable bonds is 9. The molecule has 4 nitrogen and oxygen atoms in total. The fourth-order valence-electron chi connectivity index (χ4n) is 2.16. The molecule has 0 aliphatic carbocycles. The van der Waals surface area contributed by atoms with Crippen molar-refractivity contribution in [1.82, 2.24) is 10.2 Å². The average molecular weight is 266 g/mol. The first kappa shape index (κ1) is 16.0. The first-order valence-electron chi connectivity index (χ1n) is 6.96. The van der Waals surface area contributed by atoms with Gasteiger partial charge in [-0.2, -0.15) is 0 Å². The Bertz CT molecular complexity index is 354. The molecule has 0 aliphatic heterocycles. The van der Waals surface area contributed by atoms with Gasteiger partial charge in [0.15, 0.2) is 0 Å². The number of aliphatic hydroxyl groups is 1. The molecule has 0 aliphatic rings. The molecular formula is C15H26N2O2. The molecule has 1 atom stereocenters. The van der Waals surface area contributed by atoms with Crippen molar-refractivity contribution in [2.75, 3.05) is 39.9 Å². The molecular weight excluding hydrogens is 240 g/mol. The zero-order chi connectivity index (χ0) is 14.1. The van der Waals surface area contributed by atoms with Crippen LogP contribution in [0.5, 0.6) is 5.75 Å². The van der Waals surface area contributed by atoms with E-state index < -0.39 is 0 Å². The highest BCUT2D eigenvalue weighted by molar-refractivity contribution is 5.35. The van der Waals surface area contributed by atoms with Gasteiger partial charge in [-0.3, -0.25) is 0 Å². The maximum Gasteiger partial charge on any atom is 0.123 e. The van der Waals surface area contributed by atoms with Crippen molar-refractivity contribution in [1.29, 1.82) is 0 Å². The van der Waals surface area contributed by atoms with Crippen molar-refractivity contribution in [2.45, 2.75) is 19.9 Å². The Hall–Kier alpha value is -1.10. The molecule has 4 heteroatoms. The Morgan fingerprint density at radius 3 is 2.53 bits per heavy atom. The topological polar surface area (TPSA) is 44.7 Å². The van der Waals surface area contributed by atoms with Crippen LogP contribution in [0.15, 0.2) is 24.3 Å². The van der Waals surface area contributed by atoms with Crippen LogP contribution in [0.1, 0.15) is 25.5 Å². The number of hydrogen-bond acceptors (Lipinski definition) is 4. The summed E-state index contributed by atoms with van der Waals surface area (Å²) in [4.78, 5) is 2.35. The molecule has 1 rings (SSSR count). The number of likely N-dealkylation sites (N-methyl/N-ethyl adjacent to an activating group) is 1. The van der Waals surface area contributed by atoms with E-state index in [1.807, 2.05) is 24.3 Å². The molecule has 108 valence electrons. The van der Waals surface area contributed by atoms with Crippen molar-refractivity contribution in [2.24, 2.45) is 0 Å². The van der Waals surface area contributed by atoms with Crippen LogP contribution in [0, 0.1) is 0 Å². The fourth-order valence-corrected chi connectivity index (χ4v) is 2.16. The van der Waals surface area contributed by atoms with E-state index in [1.165, 1.54) is 0 Å². The number of nitrogens with zero attached hydrogens (tertiary/aromatic N) is 1. The van der Waals surface area contributed by atoms with Gasteiger partial charge in [0.1, 0.15) is 5.75 Å². The summed E-state index contributed by atoms with van der Waals surface area (Å²) >= 11 is 0. The third-order valence-corrected chi connectivity index (χ3v) is 3.41. The Kier molecular flexibility index (Phi) is 7.48. The smallest absolute Gasteiger partial charge is 0.123 e. The van der Waals surface area contributed by atoms with E-state index in [-0.39, 0.29) is 12.6 Å². The van der Waals surface area contributed by atoms with Crippen LogP contribution < -0.4 is 10.1 Å². The molecule has 1 aromatic carbocycles. The fraction of sp³-hybridized carbons (Fsp3) is 0.600. The summed E-state index contributed by atoms with van der Waals surface area (Å²) in [5.41, 5.74) is 1.01. The van der Waals surface area contributed by atoms with Crippen LogP contribution >= 0.6 is 0 Å². The summed E-state index contributed by atoms with van der Waals surface area (Å²) in [6, 6.07) is 7.74. The maximum atomic E-state index is 9.55. The number of hydrogen-bond donors (Lipinski definition) is 2. The maximum absolute atomic E-state index is 9.55. The minimum Gasteiger partial charge on any atom is -0.496 e. The third-order valence-electron chi connectivity index (χ3n) is 3.41. The molecule has 0 amide bonds. The van der Waals surface area contributed by atoms with Gasteiger partial charge in [0.25, 0.3) is 0 Å². The SMILES string of the molecule is CCN(CC)CCNC(CO)c1ccccc1OC. The quantitative estimate of drug-likeness (QED) is 0.713. The molecule has 1 unspecified atom stereocenters. The molecule has 0 radical (unpaired) electrons. The lowest BCUT2D eigenvalue weighted by molar-refractivity contribution is 0.230. The second kappa shape index (κ2) is 8.91. The highest BCUT2D eigenvalue weighted by Gasteiger charge is 2.14. The third kappa shape index (κ3) is 4.82. The lowest BCUT2D eigenvalue weighted by Gasteiger charge is -2.22. The standard InChI is InChI=1S/C15H26N2O2/c1-4-17(5-2)11-10-16-14(12-18)13-8-6-7-9-15(13)19-3/h6-9,14,16,18H,4-5,10-12H2,1-3H3. The van der Waals surface area contributed by atoms with E-state index in [0.29, 0.717) is 0 Å². The second-order valence-corrected chi connectivity index (χ2v) is 4.46. The van der Waals surface area contributed by atoms with Gasteiger partial charge in [-0.05, 0) is 19.2 Å². The molecule has 0 aromatic heterocycles. The van der Waals surface area contributed by atoms with E-state index in [1.54, 1.807) is 7.11 Å². The van der Waals surface area contributed by atoms with Gasteiger partial charge in [0.2, 0.25) is 0 Å². The summed E-state index contributed by atoms with van der Waals surface area (Å²) in [6.07, 6.45) is 0. The van der Waals surface area contributed by atoms with E-state index in [4.69, 9.17) is 4.74 Å². The van der Waals surface area contributed by atoms with Crippen molar-refractivity contribution in [3.05, 3.63) is 29.8 Å². The van der Waals surface area contributed by atoms with Gasteiger partial charge >= 0.3 is 0 Å². The predicted octanol–water partition coefficient (Wildman–Crippen LogP) is 1.66. The summed E-state index contributed by atoms with van der Waals surface area (Å²) in [7, 11) is 1.66. The normalized spacial score (nSPS) is 12.7. The molecule has 0 bridgehead atoms. The molecule has 0 saturated carbocycles. The summed E-state index contributed by atoms with van der Waals surface area (Å²) in [5, 5.41) is 12.9. The molecule has 0 heterocycles. The Morgan fingerprint density at radius 2 is 1.95 bits per heavy atom. The lowest BCUT2D eigenvalue weighted by atomic mass is 10.1. The predicted molar refractivity (Wildman–Crippen MR) is 78.6 cm³/mol. The molecule has 0 spiro atoms. The lowest BCUT2D eigenvalue weighted by Crippen LogP contribution is -2.34. The average Bonchev–Trinajstić information content (AvgIpc) is 2.48. The first-order valence-corrected chi connectivity index (χ1v) is 6.96. The van der Waals surface area contributed by atoms with Crippen molar-refractivity contribution in [3.8, 4) is 5.75 Å². The minimum absolute atomic E-state index is 0.0681. The minimum atomic E-state index is -0.0771. The van der Waals surface area contributed by atoms with E-state index in [9.17, 15) is 5.11 Å². The Labute approximate surface area is 116 Å². The number of benzene rings is 1. The number of ether oxygens (including phenoxy) is 1.